The lowest BCUT2D eigenvalue weighted by atomic mass is 10.1. The molecule has 1 unspecified atom stereocenters. The van der Waals surface area contributed by atoms with Crippen LogP contribution >= 0.6 is 0 Å². The van der Waals surface area contributed by atoms with E-state index in [1.54, 1.807) is 12.1 Å². The van der Waals surface area contributed by atoms with E-state index in [2.05, 4.69) is 10.0 Å². The number of ether oxygens (including phenoxy) is 2. The highest BCUT2D eigenvalue weighted by Gasteiger charge is 2.21. The maximum absolute atomic E-state index is 12.3. The van der Waals surface area contributed by atoms with Gasteiger partial charge in [0.2, 0.25) is 10.0 Å². The van der Waals surface area contributed by atoms with Crippen molar-refractivity contribution in [3.8, 4) is 11.5 Å². The summed E-state index contributed by atoms with van der Waals surface area (Å²) in [6.45, 7) is 2.42. The number of hydrogen-bond acceptors (Lipinski definition) is 5. The molecule has 6 nitrogen and oxygen atoms in total. The van der Waals surface area contributed by atoms with E-state index in [-0.39, 0.29) is 10.6 Å². The minimum Gasteiger partial charge on any atom is -0.497 e. The molecule has 1 aromatic carbocycles. The molecule has 0 aromatic heterocycles. The van der Waals surface area contributed by atoms with E-state index in [0.717, 1.165) is 25.9 Å². The molecule has 1 aromatic rings. The molecule has 1 atom stereocenters. The first-order valence-electron chi connectivity index (χ1n) is 6.99. The van der Waals surface area contributed by atoms with Crippen LogP contribution in [-0.2, 0) is 10.0 Å². The van der Waals surface area contributed by atoms with Crippen molar-refractivity contribution < 1.29 is 17.9 Å². The molecule has 0 aliphatic carbocycles. The van der Waals surface area contributed by atoms with Gasteiger partial charge < -0.3 is 14.8 Å². The highest BCUT2D eigenvalue weighted by molar-refractivity contribution is 7.89. The van der Waals surface area contributed by atoms with Gasteiger partial charge in [0, 0.05) is 12.6 Å². The number of benzene rings is 1. The maximum Gasteiger partial charge on any atom is 0.244 e. The smallest absolute Gasteiger partial charge is 0.244 e. The van der Waals surface area contributed by atoms with Gasteiger partial charge in [0.1, 0.15) is 16.4 Å². The van der Waals surface area contributed by atoms with E-state index in [9.17, 15) is 8.42 Å². The Morgan fingerprint density at radius 3 is 2.76 bits per heavy atom. The van der Waals surface area contributed by atoms with Crippen LogP contribution in [0.1, 0.15) is 12.8 Å². The molecule has 0 bridgehead atoms. The maximum atomic E-state index is 12.3. The average Bonchev–Trinajstić information content (AvgIpc) is 2.99. The highest BCUT2D eigenvalue weighted by Crippen LogP contribution is 2.28. The number of sulfonamides is 1. The molecule has 1 fully saturated rings. The molecule has 1 saturated heterocycles. The second kappa shape index (κ2) is 7.11. The summed E-state index contributed by atoms with van der Waals surface area (Å²) in [6.07, 6.45) is 1.94. The molecule has 2 N–H and O–H groups in total. The fourth-order valence-corrected chi connectivity index (χ4v) is 3.63. The lowest BCUT2D eigenvalue weighted by Crippen LogP contribution is -2.27. The molecule has 0 saturated carbocycles. The number of hydrogen-bond donors (Lipinski definition) is 2. The molecule has 7 heteroatoms. The normalized spacial score (nSPS) is 18.7. The first-order valence-corrected chi connectivity index (χ1v) is 8.47. The molecule has 0 spiro atoms. The zero-order valence-corrected chi connectivity index (χ0v) is 13.2. The van der Waals surface area contributed by atoms with Crippen LogP contribution in [0.25, 0.3) is 0 Å². The Bertz CT molecular complexity index is 568. The van der Waals surface area contributed by atoms with Crippen molar-refractivity contribution in [1.82, 2.24) is 10.0 Å². The van der Waals surface area contributed by atoms with Gasteiger partial charge in [-0.2, -0.15) is 0 Å². The van der Waals surface area contributed by atoms with Crippen LogP contribution in [0.2, 0.25) is 0 Å². The predicted octanol–water partition coefficient (Wildman–Crippen LogP) is 0.982. The van der Waals surface area contributed by atoms with Crippen molar-refractivity contribution in [3.05, 3.63) is 18.2 Å². The molecule has 2 rings (SSSR count). The van der Waals surface area contributed by atoms with E-state index in [1.807, 2.05) is 0 Å². The van der Waals surface area contributed by atoms with Crippen LogP contribution in [0.3, 0.4) is 0 Å². The largest absolute Gasteiger partial charge is 0.497 e. The van der Waals surface area contributed by atoms with Crippen LogP contribution in [-0.4, -0.2) is 42.3 Å². The quantitative estimate of drug-likeness (QED) is 0.784. The summed E-state index contributed by atoms with van der Waals surface area (Å²) in [5.74, 6) is 1.39. The number of nitrogens with one attached hydrogen (secondary N) is 2. The number of rotatable bonds is 7. The van der Waals surface area contributed by atoms with Gasteiger partial charge in [-0.25, -0.2) is 13.1 Å². The van der Waals surface area contributed by atoms with Crippen molar-refractivity contribution >= 4 is 10.0 Å². The van der Waals surface area contributed by atoms with Gasteiger partial charge in [0.05, 0.1) is 14.2 Å². The summed E-state index contributed by atoms with van der Waals surface area (Å²) in [5, 5.41) is 3.27. The van der Waals surface area contributed by atoms with Crippen LogP contribution in [0.4, 0.5) is 0 Å². The first-order chi connectivity index (χ1) is 10.1. The third-order valence-electron chi connectivity index (χ3n) is 3.67. The number of methoxy groups -OCH3 is 2. The standard InChI is InChI=1S/C14H22N2O4S/c1-19-12-3-4-14(13(9-12)20-2)21(17,18)16-8-6-11-5-7-15-10-11/h3-4,9,11,15-16H,5-8,10H2,1-2H3. The Kier molecular flexibility index (Phi) is 5.44. The van der Waals surface area contributed by atoms with Crippen molar-refractivity contribution in [1.29, 1.82) is 0 Å². The Labute approximate surface area is 125 Å². The summed E-state index contributed by atoms with van der Waals surface area (Å²) in [5.41, 5.74) is 0. The zero-order chi connectivity index (χ0) is 15.3. The van der Waals surface area contributed by atoms with Crippen LogP contribution in [0.5, 0.6) is 11.5 Å². The summed E-state index contributed by atoms with van der Waals surface area (Å²) < 4.78 is 37.5. The molecular formula is C14H22N2O4S. The van der Waals surface area contributed by atoms with E-state index in [1.165, 1.54) is 20.3 Å². The lowest BCUT2D eigenvalue weighted by molar-refractivity contribution is 0.386. The highest BCUT2D eigenvalue weighted by atomic mass is 32.2. The van der Waals surface area contributed by atoms with E-state index in [4.69, 9.17) is 9.47 Å². The third-order valence-corrected chi connectivity index (χ3v) is 5.17. The van der Waals surface area contributed by atoms with Crippen LogP contribution in [0.15, 0.2) is 23.1 Å². The van der Waals surface area contributed by atoms with Crippen molar-refractivity contribution in [2.75, 3.05) is 33.9 Å². The van der Waals surface area contributed by atoms with Crippen LogP contribution < -0.4 is 19.5 Å². The van der Waals surface area contributed by atoms with Gasteiger partial charge in [0.15, 0.2) is 0 Å². The van der Waals surface area contributed by atoms with Gasteiger partial charge in [-0.3, -0.25) is 0 Å². The predicted molar refractivity (Wildman–Crippen MR) is 80.3 cm³/mol. The molecule has 0 amide bonds. The Balaban J connectivity index is 2.04. The van der Waals surface area contributed by atoms with E-state index in [0.29, 0.717) is 18.2 Å². The molecule has 1 heterocycles. The summed E-state index contributed by atoms with van der Waals surface area (Å²) in [7, 11) is -0.604. The monoisotopic (exact) mass is 314 g/mol. The summed E-state index contributed by atoms with van der Waals surface area (Å²) >= 11 is 0. The zero-order valence-electron chi connectivity index (χ0n) is 12.4. The van der Waals surface area contributed by atoms with Gasteiger partial charge in [0.25, 0.3) is 0 Å². The van der Waals surface area contributed by atoms with Crippen molar-refractivity contribution in [2.24, 2.45) is 5.92 Å². The molecular weight excluding hydrogens is 292 g/mol. The average molecular weight is 314 g/mol. The van der Waals surface area contributed by atoms with Gasteiger partial charge in [-0.1, -0.05) is 0 Å². The lowest BCUT2D eigenvalue weighted by Gasteiger charge is -2.13. The van der Waals surface area contributed by atoms with Gasteiger partial charge in [-0.05, 0) is 44.0 Å². The molecule has 1 aliphatic heterocycles. The molecule has 0 radical (unpaired) electrons. The SMILES string of the molecule is COc1ccc(S(=O)(=O)NCCC2CCNC2)c(OC)c1. The first kappa shape index (κ1) is 16.1. The van der Waals surface area contributed by atoms with Crippen molar-refractivity contribution in [2.45, 2.75) is 17.7 Å². The second-order valence-electron chi connectivity index (χ2n) is 5.06. The third kappa shape index (κ3) is 4.09. The Morgan fingerprint density at radius 1 is 1.33 bits per heavy atom. The fourth-order valence-electron chi connectivity index (χ4n) is 2.43. The van der Waals surface area contributed by atoms with Gasteiger partial charge >= 0.3 is 0 Å². The van der Waals surface area contributed by atoms with E-state index >= 15 is 0 Å². The van der Waals surface area contributed by atoms with Crippen LogP contribution in [0, 0.1) is 5.92 Å². The summed E-state index contributed by atoms with van der Waals surface area (Å²) in [4.78, 5) is 0.135. The molecule has 118 valence electrons. The topological polar surface area (TPSA) is 76.7 Å². The Hall–Kier alpha value is -1.31. The second-order valence-corrected chi connectivity index (χ2v) is 6.80. The minimum atomic E-state index is -3.57. The molecule has 21 heavy (non-hydrogen) atoms. The Morgan fingerprint density at radius 2 is 2.14 bits per heavy atom. The summed E-state index contributed by atoms with van der Waals surface area (Å²) in [6, 6.07) is 4.67. The minimum absolute atomic E-state index is 0.135. The van der Waals surface area contributed by atoms with Gasteiger partial charge in [-0.15, -0.1) is 0 Å². The van der Waals surface area contributed by atoms with E-state index < -0.39 is 10.0 Å². The fraction of sp³-hybridized carbons (Fsp3) is 0.571. The molecule has 1 aliphatic rings. The van der Waals surface area contributed by atoms with Crippen molar-refractivity contribution in [3.63, 3.8) is 0 Å².